The largest absolute Gasteiger partial charge is 0.363 e. The molecule has 3 N–H and O–H groups in total. The van der Waals surface area contributed by atoms with E-state index in [0.29, 0.717) is 13.0 Å². The minimum Gasteiger partial charge on any atom is -0.363 e. The lowest BCUT2D eigenvalue weighted by atomic mass is 10.1. The van der Waals surface area contributed by atoms with Crippen molar-refractivity contribution in [3.8, 4) is 0 Å². The Morgan fingerprint density at radius 3 is 2.52 bits per heavy atom. The van der Waals surface area contributed by atoms with Gasteiger partial charge >= 0.3 is 0 Å². The highest BCUT2D eigenvalue weighted by Gasteiger charge is 2.11. The molecule has 2 heterocycles. The molecule has 1 atom stereocenters. The molecule has 0 aliphatic rings. The summed E-state index contributed by atoms with van der Waals surface area (Å²) in [5.41, 5.74) is 8.72. The second-order valence-electron chi connectivity index (χ2n) is 5.64. The molecule has 1 unspecified atom stereocenters. The van der Waals surface area contributed by atoms with E-state index in [0.717, 1.165) is 33.8 Å². The van der Waals surface area contributed by atoms with E-state index in [1.54, 1.807) is 0 Å². The van der Waals surface area contributed by atoms with Crippen LogP contribution >= 0.6 is 24.8 Å². The van der Waals surface area contributed by atoms with Crippen molar-refractivity contribution in [3.63, 3.8) is 0 Å². The number of nitrogens with two attached hydrogens (primary N) is 1. The van der Waals surface area contributed by atoms with Crippen LogP contribution in [0.5, 0.6) is 0 Å². The summed E-state index contributed by atoms with van der Waals surface area (Å²) in [6.07, 6.45) is 2.57. The second kappa shape index (κ2) is 9.51. The van der Waals surface area contributed by atoms with Crippen molar-refractivity contribution in [3.05, 3.63) is 59.7 Å². The van der Waals surface area contributed by atoms with Crippen LogP contribution in [0.3, 0.4) is 0 Å². The zero-order valence-corrected chi connectivity index (χ0v) is 15.9. The number of pyridine rings is 1. The van der Waals surface area contributed by atoms with Crippen LogP contribution in [0.25, 0.3) is 10.9 Å². The number of nitrogens with one attached hydrogen (secondary N) is 1. The number of fused-ring (bicyclic) bond motifs is 1. The third kappa shape index (κ3) is 5.01. The Balaban J connectivity index is 0.00000156. The number of nitrogens with zero attached hydrogens (tertiary/aromatic N) is 3. The summed E-state index contributed by atoms with van der Waals surface area (Å²) in [5.74, 6) is 1.61. The Morgan fingerprint density at radius 2 is 1.84 bits per heavy atom. The maximum atomic E-state index is 5.65. The zero-order chi connectivity index (χ0) is 16.2. The van der Waals surface area contributed by atoms with Crippen LogP contribution in [0.2, 0.25) is 0 Å². The third-order valence-electron chi connectivity index (χ3n) is 3.80. The molecule has 1 aromatic carbocycles. The molecule has 5 nitrogen and oxygen atoms in total. The Morgan fingerprint density at radius 1 is 1.08 bits per heavy atom. The van der Waals surface area contributed by atoms with Gasteiger partial charge in [0.1, 0.15) is 11.6 Å². The van der Waals surface area contributed by atoms with Crippen molar-refractivity contribution in [2.45, 2.75) is 26.3 Å². The van der Waals surface area contributed by atoms with Gasteiger partial charge in [-0.25, -0.2) is 9.97 Å². The number of hydrogen-bond donors (Lipinski definition) is 2. The van der Waals surface area contributed by atoms with E-state index in [1.807, 2.05) is 43.5 Å². The summed E-state index contributed by atoms with van der Waals surface area (Å²) < 4.78 is 0. The summed E-state index contributed by atoms with van der Waals surface area (Å²) in [7, 11) is 0. The molecule has 0 saturated carbocycles. The Labute approximate surface area is 160 Å². The fourth-order valence-corrected chi connectivity index (χ4v) is 2.50. The SMILES string of the molecule is Cc1ccc(C(C)Nc2nc(CCN)nc3ccccc23)cn1.Cl.Cl. The van der Waals surface area contributed by atoms with Gasteiger partial charge in [-0.2, -0.15) is 0 Å². The molecular formula is C18H23Cl2N5. The minimum atomic E-state index is 0. The fourth-order valence-electron chi connectivity index (χ4n) is 2.50. The van der Waals surface area contributed by atoms with Crippen LogP contribution in [-0.4, -0.2) is 21.5 Å². The number of rotatable bonds is 5. The summed E-state index contributed by atoms with van der Waals surface area (Å²) >= 11 is 0. The first-order valence-electron chi connectivity index (χ1n) is 7.82. The lowest BCUT2D eigenvalue weighted by molar-refractivity contribution is 0.843. The normalized spacial score (nSPS) is 11.3. The summed E-state index contributed by atoms with van der Waals surface area (Å²) in [6, 6.07) is 12.2. The lowest BCUT2D eigenvalue weighted by Gasteiger charge is -2.17. The monoisotopic (exact) mass is 379 g/mol. The van der Waals surface area contributed by atoms with Gasteiger partial charge in [0.25, 0.3) is 0 Å². The van der Waals surface area contributed by atoms with Gasteiger partial charge in [0.15, 0.2) is 0 Å². The molecule has 0 fully saturated rings. The Kier molecular flexibility index (Phi) is 8.03. The average molecular weight is 380 g/mol. The highest BCUT2D eigenvalue weighted by Crippen LogP contribution is 2.24. The van der Waals surface area contributed by atoms with Gasteiger partial charge in [-0.05, 0) is 44.2 Å². The first-order chi connectivity index (χ1) is 11.2. The zero-order valence-electron chi connectivity index (χ0n) is 14.3. The first kappa shape index (κ1) is 21.1. The summed E-state index contributed by atoms with van der Waals surface area (Å²) in [4.78, 5) is 13.6. The molecule has 7 heteroatoms. The van der Waals surface area contributed by atoms with Crippen molar-refractivity contribution < 1.29 is 0 Å². The van der Waals surface area contributed by atoms with Gasteiger partial charge in [-0.15, -0.1) is 24.8 Å². The maximum absolute atomic E-state index is 5.65. The van der Waals surface area contributed by atoms with E-state index in [4.69, 9.17) is 5.73 Å². The van der Waals surface area contributed by atoms with E-state index < -0.39 is 0 Å². The van der Waals surface area contributed by atoms with Gasteiger partial charge in [0, 0.05) is 23.7 Å². The lowest BCUT2D eigenvalue weighted by Crippen LogP contribution is -2.12. The maximum Gasteiger partial charge on any atom is 0.138 e. The fraction of sp³-hybridized carbons (Fsp3) is 0.278. The summed E-state index contributed by atoms with van der Waals surface area (Å²) in [6.45, 7) is 4.62. The van der Waals surface area contributed by atoms with Crippen LogP contribution in [0.4, 0.5) is 5.82 Å². The molecule has 0 amide bonds. The predicted molar refractivity (Wildman–Crippen MR) is 108 cm³/mol. The number of aromatic nitrogens is 3. The standard InChI is InChI=1S/C18H21N5.2ClH/c1-12-7-8-14(11-20-12)13(2)21-18-15-5-3-4-6-16(15)22-17(23-18)9-10-19;;/h3-8,11,13H,9-10,19H2,1-2H3,(H,21,22,23);2*1H. The van der Waals surface area contributed by atoms with Gasteiger partial charge in [-0.3, -0.25) is 4.98 Å². The van der Waals surface area contributed by atoms with E-state index >= 15 is 0 Å². The number of hydrogen-bond acceptors (Lipinski definition) is 5. The van der Waals surface area contributed by atoms with Gasteiger partial charge in [0.05, 0.1) is 11.6 Å². The average Bonchev–Trinajstić information content (AvgIpc) is 2.56. The topological polar surface area (TPSA) is 76.7 Å². The van der Waals surface area contributed by atoms with Crippen LogP contribution < -0.4 is 11.1 Å². The van der Waals surface area contributed by atoms with Crippen molar-refractivity contribution in [1.29, 1.82) is 0 Å². The molecule has 0 aliphatic carbocycles. The van der Waals surface area contributed by atoms with E-state index in [-0.39, 0.29) is 30.9 Å². The van der Waals surface area contributed by atoms with Gasteiger partial charge in [-0.1, -0.05) is 18.2 Å². The minimum absolute atomic E-state index is 0. The van der Waals surface area contributed by atoms with Gasteiger partial charge < -0.3 is 11.1 Å². The third-order valence-corrected chi connectivity index (χ3v) is 3.80. The number of para-hydroxylation sites is 1. The van der Waals surface area contributed by atoms with E-state index in [2.05, 4.69) is 33.3 Å². The van der Waals surface area contributed by atoms with Crippen LogP contribution in [-0.2, 0) is 6.42 Å². The first-order valence-corrected chi connectivity index (χ1v) is 7.82. The van der Waals surface area contributed by atoms with E-state index in [1.165, 1.54) is 0 Å². The molecule has 0 aliphatic heterocycles. The molecule has 25 heavy (non-hydrogen) atoms. The quantitative estimate of drug-likeness (QED) is 0.703. The molecule has 0 bridgehead atoms. The van der Waals surface area contributed by atoms with Crippen LogP contribution in [0.15, 0.2) is 42.6 Å². The molecular weight excluding hydrogens is 357 g/mol. The molecule has 0 spiro atoms. The molecule has 2 aromatic heterocycles. The second-order valence-corrected chi connectivity index (χ2v) is 5.64. The molecule has 3 rings (SSSR count). The van der Waals surface area contributed by atoms with Crippen LogP contribution in [0, 0.1) is 6.92 Å². The number of benzene rings is 1. The molecule has 134 valence electrons. The van der Waals surface area contributed by atoms with Crippen molar-refractivity contribution in [1.82, 2.24) is 15.0 Å². The van der Waals surface area contributed by atoms with Crippen molar-refractivity contribution >= 4 is 41.5 Å². The molecule has 0 radical (unpaired) electrons. The Hall–Kier alpha value is -1.95. The molecule has 0 saturated heterocycles. The van der Waals surface area contributed by atoms with Crippen LogP contribution in [0.1, 0.15) is 30.0 Å². The molecule has 3 aromatic rings. The van der Waals surface area contributed by atoms with Crippen molar-refractivity contribution in [2.24, 2.45) is 5.73 Å². The highest BCUT2D eigenvalue weighted by atomic mass is 35.5. The van der Waals surface area contributed by atoms with Crippen molar-refractivity contribution in [2.75, 3.05) is 11.9 Å². The Bertz CT molecular complexity index is 808. The highest BCUT2D eigenvalue weighted by molar-refractivity contribution is 5.89. The number of anilines is 1. The number of aryl methyl sites for hydroxylation is 1. The summed E-state index contributed by atoms with van der Waals surface area (Å²) in [5, 5.41) is 4.50. The smallest absolute Gasteiger partial charge is 0.138 e. The number of halogens is 2. The van der Waals surface area contributed by atoms with Gasteiger partial charge in [0.2, 0.25) is 0 Å². The van der Waals surface area contributed by atoms with E-state index in [9.17, 15) is 0 Å². The predicted octanol–water partition coefficient (Wildman–Crippen LogP) is 3.85.